The SMILES string of the molecule is CN(c1ccc(C(=O)NCCc2ccc(F)cc2)cc1)S(=O)(=O)c1cccs1. The highest BCUT2D eigenvalue weighted by atomic mass is 32.2. The van der Waals surface area contributed by atoms with Crippen LogP contribution in [-0.4, -0.2) is 27.9 Å². The Bertz CT molecular complexity index is 1030. The summed E-state index contributed by atoms with van der Waals surface area (Å²) in [5, 5.41) is 4.51. The number of halogens is 1. The van der Waals surface area contributed by atoms with E-state index in [0.29, 0.717) is 24.2 Å². The lowest BCUT2D eigenvalue weighted by Crippen LogP contribution is -2.27. The lowest BCUT2D eigenvalue weighted by molar-refractivity contribution is 0.0954. The van der Waals surface area contributed by atoms with Gasteiger partial charge in [0.25, 0.3) is 15.9 Å². The number of carbonyl (C=O) groups excluding carboxylic acids is 1. The average Bonchev–Trinajstić information content (AvgIpc) is 3.25. The second kappa shape index (κ2) is 8.53. The molecule has 0 saturated carbocycles. The molecule has 0 aliphatic rings. The van der Waals surface area contributed by atoms with Gasteiger partial charge in [0, 0.05) is 19.2 Å². The predicted molar refractivity (Wildman–Crippen MR) is 109 cm³/mol. The summed E-state index contributed by atoms with van der Waals surface area (Å²) in [6, 6.07) is 15.7. The van der Waals surface area contributed by atoms with E-state index in [1.807, 2.05) is 0 Å². The van der Waals surface area contributed by atoms with E-state index in [2.05, 4.69) is 5.32 Å². The summed E-state index contributed by atoms with van der Waals surface area (Å²) in [4.78, 5) is 12.3. The molecule has 0 spiro atoms. The van der Waals surface area contributed by atoms with Crippen LogP contribution in [0.4, 0.5) is 10.1 Å². The maximum Gasteiger partial charge on any atom is 0.273 e. The molecule has 0 bridgehead atoms. The van der Waals surface area contributed by atoms with Crippen LogP contribution in [0.25, 0.3) is 0 Å². The molecule has 1 aromatic heterocycles. The van der Waals surface area contributed by atoms with E-state index in [1.54, 1.807) is 53.9 Å². The van der Waals surface area contributed by atoms with Crippen molar-refractivity contribution in [2.24, 2.45) is 0 Å². The first-order chi connectivity index (χ1) is 13.4. The predicted octanol–water partition coefficient (Wildman–Crippen LogP) is 3.68. The summed E-state index contributed by atoms with van der Waals surface area (Å²) in [5.74, 6) is -0.545. The molecule has 3 rings (SSSR count). The topological polar surface area (TPSA) is 66.5 Å². The van der Waals surface area contributed by atoms with Gasteiger partial charge in [-0.15, -0.1) is 11.3 Å². The third kappa shape index (κ3) is 4.58. The van der Waals surface area contributed by atoms with E-state index in [-0.39, 0.29) is 15.9 Å². The minimum Gasteiger partial charge on any atom is -0.352 e. The van der Waals surface area contributed by atoms with Crippen molar-refractivity contribution in [2.75, 3.05) is 17.9 Å². The molecule has 1 amide bonds. The first-order valence-corrected chi connectivity index (χ1v) is 10.8. The summed E-state index contributed by atoms with van der Waals surface area (Å²) in [5.41, 5.74) is 1.83. The van der Waals surface area contributed by atoms with Gasteiger partial charge in [-0.25, -0.2) is 12.8 Å². The fourth-order valence-corrected chi connectivity index (χ4v) is 4.94. The van der Waals surface area contributed by atoms with Gasteiger partial charge in [-0.05, 0) is 59.8 Å². The monoisotopic (exact) mass is 418 g/mol. The number of rotatable bonds is 7. The normalized spacial score (nSPS) is 11.2. The maximum atomic E-state index is 12.9. The summed E-state index contributed by atoms with van der Waals surface area (Å²) < 4.78 is 39.4. The number of sulfonamides is 1. The van der Waals surface area contributed by atoms with Crippen molar-refractivity contribution in [3.05, 3.63) is 83.0 Å². The summed E-state index contributed by atoms with van der Waals surface area (Å²) in [7, 11) is -2.13. The second-order valence-corrected chi connectivity index (χ2v) is 9.23. The van der Waals surface area contributed by atoms with Gasteiger partial charge in [0.05, 0.1) is 5.69 Å². The molecule has 0 aliphatic carbocycles. The molecule has 8 heteroatoms. The zero-order valence-corrected chi connectivity index (χ0v) is 16.8. The molecule has 28 heavy (non-hydrogen) atoms. The zero-order chi connectivity index (χ0) is 20.1. The van der Waals surface area contributed by atoms with E-state index >= 15 is 0 Å². The number of benzene rings is 2. The lowest BCUT2D eigenvalue weighted by Gasteiger charge is -2.18. The summed E-state index contributed by atoms with van der Waals surface area (Å²) in [6.07, 6.45) is 0.589. The third-order valence-corrected chi connectivity index (χ3v) is 7.37. The molecule has 3 aromatic rings. The van der Waals surface area contributed by atoms with E-state index in [9.17, 15) is 17.6 Å². The van der Waals surface area contributed by atoms with E-state index in [1.165, 1.54) is 23.5 Å². The van der Waals surface area contributed by atoms with Crippen LogP contribution in [0.15, 0.2) is 70.3 Å². The van der Waals surface area contributed by atoms with E-state index < -0.39 is 10.0 Å². The van der Waals surface area contributed by atoms with Gasteiger partial charge in [-0.1, -0.05) is 18.2 Å². The second-order valence-electron chi connectivity index (χ2n) is 6.08. The van der Waals surface area contributed by atoms with Crippen LogP contribution in [0.1, 0.15) is 15.9 Å². The number of amides is 1. The third-order valence-electron chi connectivity index (χ3n) is 4.22. The fraction of sp³-hybridized carbons (Fsp3) is 0.150. The Morgan fingerprint density at radius 2 is 1.75 bits per heavy atom. The largest absolute Gasteiger partial charge is 0.352 e. The Balaban J connectivity index is 1.60. The Hall–Kier alpha value is -2.71. The molecule has 1 N–H and O–H groups in total. The maximum absolute atomic E-state index is 12.9. The highest BCUT2D eigenvalue weighted by molar-refractivity contribution is 7.94. The molecule has 0 atom stereocenters. The van der Waals surface area contributed by atoms with Crippen LogP contribution in [0.3, 0.4) is 0 Å². The van der Waals surface area contributed by atoms with Gasteiger partial charge in [-0.2, -0.15) is 0 Å². The van der Waals surface area contributed by atoms with E-state index in [0.717, 1.165) is 16.9 Å². The quantitative estimate of drug-likeness (QED) is 0.636. The van der Waals surface area contributed by atoms with Crippen molar-refractivity contribution in [1.82, 2.24) is 5.32 Å². The average molecular weight is 419 g/mol. The van der Waals surface area contributed by atoms with Gasteiger partial charge in [-0.3, -0.25) is 9.10 Å². The Kier molecular flexibility index (Phi) is 6.11. The Labute approximate surface area is 167 Å². The summed E-state index contributed by atoms with van der Waals surface area (Å²) in [6.45, 7) is 0.416. The first kappa shape index (κ1) is 20.0. The van der Waals surface area contributed by atoms with Gasteiger partial charge in [0.2, 0.25) is 0 Å². The van der Waals surface area contributed by atoms with Gasteiger partial charge < -0.3 is 5.32 Å². The number of anilines is 1. The van der Waals surface area contributed by atoms with Crippen molar-refractivity contribution < 1.29 is 17.6 Å². The summed E-state index contributed by atoms with van der Waals surface area (Å²) >= 11 is 1.15. The van der Waals surface area contributed by atoms with Crippen LogP contribution in [0.2, 0.25) is 0 Å². The van der Waals surface area contributed by atoms with Crippen LogP contribution in [0.5, 0.6) is 0 Å². The number of hydrogen-bond donors (Lipinski definition) is 1. The van der Waals surface area contributed by atoms with Crippen molar-refractivity contribution in [3.8, 4) is 0 Å². The zero-order valence-electron chi connectivity index (χ0n) is 15.1. The standard InChI is InChI=1S/C20H19FN2O3S2/c1-23(28(25,26)19-3-2-14-27-19)18-10-6-16(7-11-18)20(24)22-13-12-15-4-8-17(21)9-5-15/h2-11,14H,12-13H2,1H3,(H,22,24). The molecule has 146 valence electrons. The minimum atomic E-state index is -3.61. The van der Waals surface area contributed by atoms with E-state index in [4.69, 9.17) is 0 Å². The number of nitrogens with one attached hydrogen (secondary N) is 1. The molecule has 0 unspecified atom stereocenters. The van der Waals surface area contributed by atoms with Crippen LogP contribution in [0, 0.1) is 5.82 Å². The lowest BCUT2D eigenvalue weighted by atomic mass is 10.1. The first-order valence-electron chi connectivity index (χ1n) is 8.53. The molecule has 2 aromatic carbocycles. The molecule has 0 saturated heterocycles. The smallest absolute Gasteiger partial charge is 0.273 e. The van der Waals surface area contributed by atoms with Crippen molar-refractivity contribution in [3.63, 3.8) is 0 Å². The number of hydrogen-bond acceptors (Lipinski definition) is 4. The Morgan fingerprint density at radius 3 is 2.36 bits per heavy atom. The molecule has 0 aliphatic heterocycles. The number of thiophene rings is 1. The fourth-order valence-electron chi connectivity index (χ4n) is 2.58. The van der Waals surface area contributed by atoms with Crippen LogP contribution in [-0.2, 0) is 16.4 Å². The molecule has 5 nitrogen and oxygen atoms in total. The Morgan fingerprint density at radius 1 is 1.07 bits per heavy atom. The number of nitrogens with zero attached hydrogens (tertiary/aromatic N) is 1. The van der Waals surface area contributed by atoms with Crippen molar-refractivity contribution in [2.45, 2.75) is 10.6 Å². The molecule has 0 fully saturated rings. The highest BCUT2D eigenvalue weighted by Gasteiger charge is 2.22. The highest BCUT2D eigenvalue weighted by Crippen LogP contribution is 2.25. The van der Waals surface area contributed by atoms with Gasteiger partial charge in [0.15, 0.2) is 0 Å². The van der Waals surface area contributed by atoms with Gasteiger partial charge >= 0.3 is 0 Å². The van der Waals surface area contributed by atoms with Crippen molar-refractivity contribution >= 4 is 33.0 Å². The van der Waals surface area contributed by atoms with Crippen molar-refractivity contribution in [1.29, 1.82) is 0 Å². The van der Waals surface area contributed by atoms with Crippen LogP contribution < -0.4 is 9.62 Å². The molecular weight excluding hydrogens is 399 g/mol. The van der Waals surface area contributed by atoms with Gasteiger partial charge in [0.1, 0.15) is 10.0 Å². The number of carbonyl (C=O) groups is 1. The molecule has 0 radical (unpaired) electrons. The molecular formula is C20H19FN2O3S2. The molecule has 1 heterocycles. The van der Waals surface area contributed by atoms with Crippen LogP contribution >= 0.6 is 11.3 Å². The minimum absolute atomic E-state index is 0.252.